The molecule has 0 saturated carbocycles. The molecule has 106 valence electrons. The highest BCUT2D eigenvalue weighted by Gasteiger charge is 2.08. The molecule has 0 atom stereocenters. The number of rotatable bonds is 6. The summed E-state index contributed by atoms with van der Waals surface area (Å²) in [5, 5.41) is 14.6. The highest BCUT2D eigenvalue weighted by Crippen LogP contribution is 2.01. The van der Waals surface area contributed by atoms with Crippen molar-refractivity contribution in [3.63, 3.8) is 0 Å². The van der Waals surface area contributed by atoms with E-state index < -0.39 is 5.91 Å². The molecule has 21 heavy (non-hydrogen) atoms. The number of nitrogens with one attached hydrogen (secondary N) is 2. The molecule has 0 radical (unpaired) electrons. The Morgan fingerprint density at radius 3 is 2.67 bits per heavy atom. The lowest BCUT2D eigenvalue weighted by Crippen LogP contribution is -2.25. The van der Waals surface area contributed by atoms with Crippen LogP contribution in [0.4, 0.5) is 0 Å². The van der Waals surface area contributed by atoms with E-state index in [-0.39, 0.29) is 12.1 Å². The van der Waals surface area contributed by atoms with Crippen molar-refractivity contribution in [2.75, 3.05) is 0 Å². The van der Waals surface area contributed by atoms with E-state index in [0.29, 0.717) is 12.3 Å². The van der Waals surface area contributed by atoms with E-state index >= 15 is 0 Å². The third-order valence-electron chi connectivity index (χ3n) is 2.76. The zero-order valence-corrected chi connectivity index (χ0v) is 11.4. The van der Waals surface area contributed by atoms with E-state index in [1.54, 1.807) is 12.1 Å². The minimum atomic E-state index is -0.436. The zero-order valence-electron chi connectivity index (χ0n) is 11.4. The van der Waals surface area contributed by atoms with Gasteiger partial charge in [-0.15, -0.1) is 0 Å². The number of amides is 1. The molecule has 2 aromatic rings. The summed E-state index contributed by atoms with van der Waals surface area (Å²) in [5.74, 6) is 0.201. The first-order valence-corrected chi connectivity index (χ1v) is 6.48. The summed E-state index contributed by atoms with van der Waals surface area (Å²) in [7, 11) is 0. The first kappa shape index (κ1) is 14.4. The molecular weight excluding hydrogens is 266 g/mol. The molecule has 2 rings (SSSR count). The number of benzene rings is 1. The van der Waals surface area contributed by atoms with Gasteiger partial charge in [-0.3, -0.25) is 4.79 Å². The average molecular weight is 281 g/mol. The molecule has 1 aromatic carbocycles. The van der Waals surface area contributed by atoms with Gasteiger partial charge >= 0.3 is 0 Å². The third kappa shape index (κ3) is 4.55. The maximum Gasteiger partial charge on any atom is 0.263 e. The summed E-state index contributed by atoms with van der Waals surface area (Å²) in [5.41, 5.74) is 1.10. The number of nitrogens with zero attached hydrogens (tertiary/aromatic N) is 1. The van der Waals surface area contributed by atoms with E-state index in [1.165, 1.54) is 12.5 Å². The summed E-state index contributed by atoms with van der Waals surface area (Å²) >= 11 is 0. The number of carbonyl (C=O) groups is 1. The summed E-state index contributed by atoms with van der Waals surface area (Å²) in [6.07, 6.45) is 2.95. The fourth-order valence-corrected chi connectivity index (χ4v) is 1.69. The van der Waals surface area contributed by atoms with Gasteiger partial charge in [-0.25, -0.2) is 0 Å². The fourth-order valence-electron chi connectivity index (χ4n) is 1.69. The van der Waals surface area contributed by atoms with Crippen molar-refractivity contribution in [1.82, 2.24) is 10.6 Å². The van der Waals surface area contributed by atoms with Crippen LogP contribution in [-0.2, 0) is 17.9 Å². The normalized spacial score (nSPS) is 10.7. The maximum atomic E-state index is 11.8. The molecule has 2 N–H and O–H groups in total. The van der Waals surface area contributed by atoms with Gasteiger partial charge in [0.05, 0.1) is 12.8 Å². The molecule has 0 bridgehead atoms. The van der Waals surface area contributed by atoms with Gasteiger partial charge in [0.15, 0.2) is 0 Å². The van der Waals surface area contributed by atoms with Crippen LogP contribution in [0, 0.1) is 11.3 Å². The van der Waals surface area contributed by atoms with Crippen molar-refractivity contribution in [3.8, 4) is 6.07 Å². The Kier molecular flexibility index (Phi) is 5.18. The van der Waals surface area contributed by atoms with Gasteiger partial charge in [-0.1, -0.05) is 30.3 Å². The Bertz CT molecular complexity index is 640. The summed E-state index contributed by atoms with van der Waals surface area (Å²) in [6, 6.07) is 15.1. The molecule has 0 aliphatic carbocycles. The second kappa shape index (κ2) is 7.56. The third-order valence-corrected chi connectivity index (χ3v) is 2.76. The molecule has 5 heteroatoms. The monoisotopic (exact) mass is 281 g/mol. The molecule has 0 aliphatic heterocycles. The molecular formula is C16H15N3O2. The van der Waals surface area contributed by atoms with Crippen molar-refractivity contribution in [2.24, 2.45) is 0 Å². The Labute approximate surface area is 122 Å². The Hall–Kier alpha value is -3.00. The fraction of sp³-hybridized carbons (Fsp3) is 0.125. The number of hydrogen-bond donors (Lipinski definition) is 2. The lowest BCUT2D eigenvalue weighted by molar-refractivity contribution is -0.117. The van der Waals surface area contributed by atoms with E-state index in [4.69, 9.17) is 9.68 Å². The van der Waals surface area contributed by atoms with Crippen molar-refractivity contribution >= 4 is 5.91 Å². The van der Waals surface area contributed by atoms with Crippen LogP contribution in [0.3, 0.4) is 0 Å². The van der Waals surface area contributed by atoms with Crippen LogP contribution in [0.1, 0.15) is 11.3 Å². The minimum absolute atomic E-state index is 0.0255. The topological polar surface area (TPSA) is 78.1 Å². The first-order valence-electron chi connectivity index (χ1n) is 6.48. The maximum absolute atomic E-state index is 11.8. The Morgan fingerprint density at radius 1 is 1.19 bits per heavy atom. The molecule has 5 nitrogen and oxygen atoms in total. The molecule has 1 amide bonds. The van der Waals surface area contributed by atoms with Crippen LogP contribution < -0.4 is 10.6 Å². The zero-order chi connectivity index (χ0) is 14.9. The van der Waals surface area contributed by atoms with Gasteiger partial charge in [0, 0.05) is 12.7 Å². The Balaban J connectivity index is 1.85. The molecule has 0 fully saturated rings. The van der Waals surface area contributed by atoms with Crippen LogP contribution in [0.5, 0.6) is 0 Å². The van der Waals surface area contributed by atoms with Gasteiger partial charge in [0.2, 0.25) is 0 Å². The van der Waals surface area contributed by atoms with Crippen LogP contribution in [0.2, 0.25) is 0 Å². The van der Waals surface area contributed by atoms with Gasteiger partial charge in [0.1, 0.15) is 17.4 Å². The van der Waals surface area contributed by atoms with Crippen molar-refractivity contribution < 1.29 is 9.21 Å². The SMILES string of the molecule is N#C/C(=C/NCc1ccccc1)C(=O)NCc1ccco1. The number of furan rings is 1. The quantitative estimate of drug-likeness (QED) is 0.628. The smallest absolute Gasteiger partial charge is 0.263 e. The lowest BCUT2D eigenvalue weighted by Gasteiger charge is -2.04. The van der Waals surface area contributed by atoms with Gasteiger partial charge in [-0.05, 0) is 17.7 Å². The van der Waals surface area contributed by atoms with Crippen molar-refractivity contribution in [2.45, 2.75) is 13.1 Å². The largest absolute Gasteiger partial charge is 0.467 e. The standard InChI is InChI=1S/C16H15N3O2/c17-9-14(11-18-10-13-5-2-1-3-6-13)16(20)19-12-15-7-4-8-21-15/h1-8,11,18H,10,12H2,(H,19,20)/b14-11-. The second-order valence-electron chi connectivity index (χ2n) is 4.30. The second-order valence-corrected chi connectivity index (χ2v) is 4.30. The van der Waals surface area contributed by atoms with Crippen LogP contribution in [0.25, 0.3) is 0 Å². The lowest BCUT2D eigenvalue weighted by atomic mass is 10.2. The molecule has 0 aliphatic rings. The van der Waals surface area contributed by atoms with Gasteiger partial charge in [0.25, 0.3) is 5.91 Å². The Morgan fingerprint density at radius 2 is 2.00 bits per heavy atom. The van der Waals surface area contributed by atoms with Crippen LogP contribution >= 0.6 is 0 Å². The number of nitriles is 1. The predicted molar refractivity (Wildman–Crippen MR) is 77.5 cm³/mol. The summed E-state index contributed by atoms with van der Waals surface area (Å²) in [6.45, 7) is 0.807. The van der Waals surface area contributed by atoms with Gasteiger partial charge in [-0.2, -0.15) is 5.26 Å². The van der Waals surface area contributed by atoms with E-state index in [9.17, 15) is 4.79 Å². The van der Waals surface area contributed by atoms with Gasteiger partial charge < -0.3 is 15.1 Å². The number of carbonyl (C=O) groups excluding carboxylic acids is 1. The molecule has 0 unspecified atom stereocenters. The minimum Gasteiger partial charge on any atom is -0.467 e. The van der Waals surface area contributed by atoms with E-state index in [1.807, 2.05) is 36.4 Å². The van der Waals surface area contributed by atoms with E-state index in [0.717, 1.165) is 5.56 Å². The van der Waals surface area contributed by atoms with Crippen LogP contribution in [-0.4, -0.2) is 5.91 Å². The van der Waals surface area contributed by atoms with Crippen molar-refractivity contribution in [1.29, 1.82) is 5.26 Å². The highest BCUT2D eigenvalue weighted by molar-refractivity contribution is 5.97. The molecule has 1 aromatic heterocycles. The van der Waals surface area contributed by atoms with E-state index in [2.05, 4.69) is 10.6 Å². The molecule has 0 saturated heterocycles. The molecule has 0 spiro atoms. The summed E-state index contributed by atoms with van der Waals surface area (Å²) < 4.78 is 5.10. The first-order chi connectivity index (χ1) is 10.3. The average Bonchev–Trinajstić information content (AvgIpc) is 3.04. The number of hydrogen-bond acceptors (Lipinski definition) is 4. The van der Waals surface area contributed by atoms with Crippen molar-refractivity contribution in [3.05, 3.63) is 71.8 Å². The predicted octanol–water partition coefficient (Wildman–Crippen LogP) is 2.09. The highest BCUT2D eigenvalue weighted by atomic mass is 16.3. The molecule has 1 heterocycles. The van der Waals surface area contributed by atoms with Crippen LogP contribution in [0.15, 0.2) is 64.9 Å². The summed E-state index contributed by atoms with van der Waals surface area (Å²) in [4.78, 5) is 11.8.